The molecule has 0 bridgehead atoms. The van der Waals surface area contributed by atoms with Crippen LogP contribution in [0, 0.1) is 5.41 Å². The fourth-order valence-electron chi connectivity index (χ4n) is 2.52. The van der Waals surface area contributed by atoms with Crippen molar-refractivity contribution < 1.29 is 19.2 Å². The monoisotopic (exact) mass is 281 g/mol. The maximum atomic E-state index is 12.3. The first-order valence-corrected chi connectivity index (χ1v) is 6.87. The van der Waals surface area contributed by atoms with Crippen LogP contribution in [0.4, 0.5) is 4.79 Å². The molecular weight excluding hydrogens is 262 g/mol. The molecule has 7 nitrogen and oxygen atoms in total. The van der Waals surface area contributed by atoms with E-state index < -0.39 is 29.3 Å². The molecule has 20 heavy (non-hydrogen) atoms. The van der Waals surface area contributed by atoms with E-state index in [-0.39, 0.29) is 5.91 Å². The van der Waals surface area contributed by atoms with Crippen molar-refractivity contribution in [2.75, 3.05) is 13.1 Å². The van der Waals surface area contributed by atoms with E-state index in [1.165, 1.54) is 6.92 Å². The number of hydrogen-bond acceptors (Lipinski definition) is 4. The molecule has 1 heterocycles. The van der Waals surface area contributed by atoms with E-state index in [1.807, 2.05) is 13.8 Å². The first-order chi connectivity index (χ1) is 9.39. The summed E-state index contributed by atoms with van der Waals surface area (Å²) in [7, 11) is 0. The Hall–Kier alpha value is -1.92. The van der Waals surface area contributed by atoms with E-state index in [0.717, 1.165) is 4.90 Å². The van der Waals surface area contributed by atoms with E-state index in [9.17, 15) is 19.2 Å². The van der Waals surface area contributed by atoms with Crippen molar-refractivity contribution in [3.63, 3.8) is 0 Å². The smallest absolute Gasteiger partial charge is 0.331 e. The number of amides is 5. The van der Waals surface area contributed by atoms with Gasteiger partial charge in [0.2, 0.25) is 17.7 Å². The summed E-state index contributed by atoms with van der Waals surface area (Å²) in [6, 6.07) is -1.70. The number of carbonyl (C=O) groups excluding carboxylic acids is 4. The van der Waals surface area contributed by atoms with Crippen molar-refractivity contribution in [1.29, 1.82) is 0 Å². The Morgan fingerprint density at radius 1 is 1.30 bits per heavy atom. The van der Waals surface area contributed by atoms with Gasteiger partial charge in [-0.15, -0.1) is 0 Å². The third kappa shape index (κ3) is 1.97. The molecule has 0 aromatic carbocycles. The number of imide groups is 2. The van der Waals surface area contributed by atoms with Crippen molar-refractivity contribution in [2.45, 2.75) is 39.7 Å². The number of rotatable bonds is 4. The number of carbonyl (C=O) groups is 4. The minimum absolute atomic E-state index is 0.288. The van der Waals surface area contributed by atoms with Crippen LogP contribution in [0.1, 0.15) is 33.6 Å². The zero-order valence-electron chi connectivity index (χ0n) is 11.9. The van der Waals surface area contributed by atoms with Crippen LogP contribution in [0.25, 0.3) is 0 Å². The maximum absolute atomic E-state index is 12.3. The van der Waals surface area contributed by atoms with Crippen molar-refractivity contribution >= 4 is 23.8 Å². The second kappa shape index (κ2) is 4.88. The van der Waals surface area contributed by atoms with E-state index in [4.69, 9.17) is 0 Å². The summed E-state index contributed by atoms with van der Waals surface area (Å²) in [6.45, 7) is 6.20. The van der Waals surface area contributed by atoms with Gasteiger partial charge in [0.05, 0.1) is 0 Å². The Morgan fingerprint density at radius 3 is 2.30 bits per heavy atom. The first-order valence-electron chi connectivity index (χ1n) is 6.87. The zero-order valence-corrected chi connectivity index (χ0v) is 11.9. The van der Waals surface area contributed by atoms with Crippen LogP contribution >= 0.6 is 0 Å². The average molecular weight is 281 g/mol. The Labute approximate surface area is 117 Å². The van der Waals surface area contributed by atoms with Crippen molar-refractivity contribution in [3.05, 3.63) is 0 Å². The summed E-state index contributed by atoms with van der Waals surface area (Å²) in [5.74, 6) is -1.37. The van der Waals surface area contributed by atoms with Gasteiger partial charge in [-0.3, -0.25) is 24.6 Å². The van der Waals surface area contributed by atoms with E-state index >= 15 is 0 Å². The number of urea groups is 1. The van der Waals surface area contributed by atoms with Crippen LogP contribution in [0.3, 0.4) is 0 Å². The van der Waals surface area contributed by atoms with Gasteiger partial charge in [-0.2, -0.15) is 0 Å². The summed E-state index contributed by atoms with van der Waals surface area (Å²) in [5.41, 5.74) is -1.11. The number of hydrogen-bond donors (Lipinski definition) is 1. The molecule has 2 aliphatic rings. The topological polar surface area (TPSA) is 86.8 Å². The van der Waals surface area contributed by atoms with Gasteiger partial charge in [0.25, 0.3) is 0 Å². The first kappa shape index (κ1) is 14.5. The molecule has 110 valence electrons. The molecule has 1 aliphatic carbocycles. The molecule has 1 saturated carbocycles. The molecule has 1 unspecified atom stereocenters. The van der Waals surface area contributed by atoms with E-state index in [0.29, 0.717) is 25.9 Å². The molecule has 7 heteroatoms. The Morgan fingerprint density at radius 2 is 1.85 bits per heavy atom. The molecule has 1 saturated heterocycles. The van der Waals surface area contributed by atoms with Gasteiger partial charge in [-0.25, -0.2) is 4.79 Å². The van der Waals surface area contributed by atoms with Crippen LogP contribution in [0.2, 0.25) is 0 Å². The lowest BCUT2D eigenvalue weighted by molar-refractivity contribution is -0.151. The minimum atomic E-state index is -1.11. The Bertz CT molecular complexity index is 480. The third-order valence-corrected chi connectivity index (χ3v) is 4.07. The largest absolute Gasteiger partial charge is 0.341 e. The third-order valence-electron chi connectivity index (χ3n) is 4.07. The highest BCUT2D eigenvalue weighted by atomic mass is 16.2. The zero-order chi connectivity index (χ0) is 15.1. The summed E-state index contributed by atoms with van der Waals surface area (Å²) in [6.07, 6.45) is 0.876. The SMILES string of the molecule is CCN(CC)C(=O)C(C)N1C(=O)NC(=O)C2(CC2)C1=O. The molecule has 0 aromatic rings. The van der Waals surface area contributed by atoms with Crippen LogP contribution in [-0.4, -0.2) is 52.7 Å². The van der Waals surface area contributed by atoms with Gasteiger partial charge in [-0.05, 0) is 33.6 Å². The lowest BCUT2D eigenvalue weighted by atomic mass is 10.0. The van der Waals surface area contributed by atoms with Gasteiger partial charge in [0.1, 0.15) is 11.5 Å². The lowest BCUT2D eigenvalue weighted by Gasteiger charge is -2.35. The predicted octanol–water partition coefficient (Wildman–Crippen LogP) is 0.102. The normalized spacial score (nSPS) is 21.8. The van der Waals surface area contributed by atoms with Crippen LogP contribution in [-0.2, 0) is 14.4 Å². The summed E-state index contributed by atoms with van der Waals surface area (Å²) in [4.78, 5) is 50.7. The Balaban J connectivity index is 2.22. The van der Waals surface area contributed by atoms with E-state index in [1.54, 1.807) is 4.90 Å². The second-order valence-electron chi connectivity index (χ2n) is 5.20. The van der Waals surface area contributed by atoms with Gasteiger partial charge in [-0.1, -0.05) is 0 Å². The lowest BCUT2D eigenvalue weighted by Crippen LogP contribution is -2.64. The van der Waals surface area contributed by atoms with Gasteiger partial charge >= 0.3 is 6.03 Å². The van der Waals surface area contributed by atoms with Gasteiger partial charge in [0, 0.05) is 13.1 Å². The van der Waals surface area contributed by atoms with Gasteiger partial charge in [0.15, 0.2) is 0 Å². The maximum Gasteiger partial charge on any atom is 0.331 e. The standard InChI is InChI=1S/C13H19N3O4/c1-4-15(5-2)9(17)8(3)16-11(19)13(6-7-13)10(18)14-12(16)20/h8H,4-7H2,1-3H3,(H,14,18,20). The highest BCUT2D eigenvalue weighted by Crippen LogP contribution is 2.49. The summed E-state index contributed by atoms with van der Waals surface area (Å²) < 4.78 is 0. The highest BCUT2D eigenvalue weighted by Gasteiger charge is 2.63. The summed E-state index contributed by atoms with van der Waals surface area (Å²) in [5, 5.41) is 2.18. The molecule has 2 rings (SSSR count). The number of nitrogens with zero attached hydrogens (tertiary/aromatic N) is 2. The molecule has 0 aromatic heterocycles. The quantitative estimate of drug-likeness (QED) is 0.740. The molecule has 1 N–H and O–H groups in total. The minimum Gasteiger partial charge on any atom is -0.341 e. The van der Waals surface area contributed by atoms with E-state index in [2.05, 4.69) is 5.32 Å². The fourth-order valence-corrected chi connectivity index (χ4v) is 2.52. The highest BCUT2D eigenvalue weighted by molar-refractivity contribution is 6.21. The molecule has 2 fully saturated rings. The van der Waals surface area contributed by atoms with Crippen molar-refractivity contribution in [1.82, 2.24) is 15.1 Å². The van der Waals surface area contributed by atoms with Gasteiger partial charge < -0.3 is 4.90 Å². The number of likely N-dealkylation sites (N-methyl/N-ethyl adjacent to an activating group) is 1. The summed E-state index contributed by atoms with van der Waals surface area (Å²) >= 11 is 0. The molecule has 1 aliphatic heterocycles. The second-order valence-corrected chi connectivity index (χ2v) is 5.20. The Kier molecular flexibility index (Phi) is 3.54. The molecule has 1 atom stereocenters. The number of barbiturate groups is 1. The fraction of sp³-hybridized carbons (Fsp3) is 0.692. The van der Waals surface area contributed by atoms with Crippen molar-refractivity contribution in [3.8, 4) is 0 Å². The average Bonchev–Trinajstić information content (AvgIpc) is 3.19. The number of nitrogens with one attached hydrogen (secondary N) is 1. The molecular formula is C13H19N3O4. The molecule has 1 spiro atoms. The predicted molar refractivity (Wildman–Crippen MR) is 69.4 cm³/mol. The van der Waals surface area contributed by atoms with Crippen LogP contribution in [0.15, 0.2) is 0 Å². The van der Waals surface area contributed by atoms with Crippen molar-refractivity contribution in [2.24, 2.45) is 5.41 Å². The van der Waals surface area contributed by atoms with Crippen LogP contribution in [0.5, 0.6) is 0 Å². The molecule has 0 radical (unpaired) electrons. The van der Waals surface area contributed by atoms with Crippen LogP contribution < -0.4 is 5.32 Å². The molecule has 5 amide bonds.